The van der Waals surface area contributed by atoms with Crippen LogP contribution in [0.15, 0.2) is 60.8 Å². The van der Waals surface area contributed by atoms with Crippen molar-refractivity contribution in [1.82, 2.24) is 5.32 Å². The summed E-state index contributed by atoms with van der Waals surface area (Å²) in [5.74, 6) is -0.538. The fourth-order valence-electron chi connectivity index (χ4n) is 7.77. The van der Waals surface area contributed by atoms with E-state index in [-0.39, 0.29) is 24.9 Å². The highest BCUT2D eigenvalue weighted by atomic mass is 16.5. The lowest BCUT2D eigenvalue weighted by Crippen LogP contribution is -2.46. The van der Waals surface area contributed by atoms with Crippen molar-refractivity contribution >= 4 is 11.9 Å². The van der Waals surface area contributed by atoms with Crippen molar-refractivity contribution in [1.29, 1.82) is 0 Å². The van der Waals surface area contributed by atoms with Crippen LogP contribution in [0.3, 0.4) is 0 Å². The second-order valence-corrected chi connectivity index (χ2v) is 17.9. The van der Waals surface area contributed by atoms with E-state index in [4.69, 9.17) is 4.74 Å². The molecule has 0 fully saturated rings. The monoisotopic (exact) mass is 868 g/mol. The van der Waals surface area contributed by atoms with E-state index in [0.29, 0.717) is 19.3 Å². The molecule has 0 aromatic rings. The summed E-state index contributed by atoms with van der Waals surface area (Å²) in [6, 6.07) is -0.717. The number of aliphatic hydroxyl groups excluding tert-OH is 2. The predicted octanol–water partition coefficient (Wildman–Crippen LogP) is 16.0. The van der Waals surface area contributed by atoms with E-state index in [1.807, 2.05) is 0 Å². The van der Waals surface area contributed by atoms with Crippen LogP contribution < -0.4 is 5.32 Å². The number of allylic oxidation sites excluding steroid dienone is 10. The molecule has 0 spiro atoms. The van der Waals surface area contributed by atoms with Crippen molar-refractivity contribution in [3.05, 3.63) is 60.8 Å². The van der Waals surface area contributed by atoms with Crippen LogP contribution in [-0.2, 0) is 14.3 Å². The Morgan fingerprint density at radius 1 is 0.468 bits per heavy atom. The van der Waals surface area contributed by atoms with Crippen molar-refractivity contribution in [3.63, 3.8) is 0 Å². The lowest BCUT2D eigenvalue weighted by atomic mass is 10.0. The molecule has 360 valence electrons. The average molecular weight is 868 g/mol. The van der Waals surface area contributed by atoms with Crippen LogP contribution in [0.5, 0.6) is 0 Å². The third kappa shape index (κ3) is 44.2. The van der Waals surface area contributed by atoms with E-state index >= 15 is 0 Å². The molecule has 0 aromatic carbocycles. The summed E-state index contributed by atoms with van der Waals surface area (Å²) in [6.45, 7) is 6.43. The number of unbranched alkanes of at least 4 members (excludes halogenated alkanes) is 25. The van der Waals surface area contributed by atoms with E-state index in [9.17, 15) is 19.8 Å². The minimum atomic E-state index is -0.800. The zero-order valence-electron chi connectivity index (χ0n) is 41.0. The van der Waals surface area contributed by atoms with E-state index in [1.54, 1.807) is 0 Å². The number of hydrogen-bond donors (Lipinski definition) is 3. The molecule has 1 amide bonds. The zero-order chi connectivity index (χ0) is 45.2. The maximum absolute atomic E-state index is 13.2. The molecule has 0 bridgehead atoms. The fraction of sp³-hybridized carbons (Fsp3) is 0.786. The topological polar surface area (TPSA) is 95.9 Å². The molecule has 0 aliphatic carbocycles. The average Bonchev–Trinajstić information content (AvgIpc) is 3.26. The van der Waals surface area contributed by atoms with Gasteiger partial charge in [-0.05, 0) is 89.9 Å². The number of rotatable bonds is 47. The first-order valence-electron chi connectivity index (χ1n) is 26.5. The first kappa shape index (κ1) is 59.6. The van der Waals surface area contributed by atoms with Gasteiger partial charge in [-0.15, -0.1) is 0 Å². The van der Waals surface area contributed by atoms with Gasteiger partial charge < -0.3 is 20.3 Å². The first-order chi connectivity index (χ1) is 30.5. The van der Waals surface area contributed by atoms with Crippen LogP contribution in [0.25, 0.3) is 0 Å². The number of carbonyl (C=O) groups is 2. The number of hydrogen-bond acceptors (Lipinski definition) is 5. The molecule has 62 heavy (non-hydrogen) atoms. The Kier molecular flexibility index (Phi) is 47.6. The Bertz CT molecular complexity index is 1110. The summed E-state index contributed by atoms with van der Waals surface area (Å²) in [6.07, 6.45) is 61.4. The van der Waals surface area contributed by atoms with Crippen molar-refractivity contribution in [3.8, 4) is 0 Å². The highest BCUT2D eigenvalue weighted by Crippen LogP contribution is 2.17. The van der Waals surface area contributed by atoms with Crippen LogP contribution in [0.2, 0.25) is 0 Å². The SMILES string of the molecule is CCCCC/C=C\C/C=C\C/C=C\C/C=C\CCCCCC(=O)OC(CCC/C=C\CCCCCCCC)CC(=O)NC(CO)C(O)CCCCCCCCCCCCCCC. The quantitative estimate of drug-likeness (QED) is 0.0322. The summed E-state index contributed by atoms with van der Waals surface area (Å²) < 4.78 is 5.90. The van der Waals surface area contributed by atoms with Gasteiger partial charge in [-0.2, -0.15) is 0 Å². The van der Waals surface area contributed by atoms with Gasteiger partial charge in [0.15, 0.2) is 0 Å². The second kappa shape index (κ2) is 49.6. The molecule has 0 radical (unpaired) electrons. The van der Waals surface area contributed by atoms with Crippen LogP contribution >= 0.6 is 0 Å². The third-order valence-corrected chi connectivity index (χ3v) is 11.8. The standard InChI is InChI=1S/C56H101NO5/c1-4-7-10-13-16-19-22-24-25-26-27-28-29-31-34-37-40-43-46-49-56(61)62-52(47-44-41-38-35-32-21-18-15-12-9-6-3)50-55(60)57-53(51-58)54(59)48-45-42-39-36-33-30-23-20-17-14-11-8-5-2/h16,19,24-25,27-28,31,34-35,38,52-54,58-59H,4-15,17-18,20-23,26,29-30,32-33,36-37,39-51H2,1-3H3,(H,57,60)/b19-16-,25-24-,28-27-,34-31-,38-35-. The Labute approximate surface area is 384 Å². The van der Waals surface area contributed by atoms with Crippen molar-refractivity contribution < 1.29 is 24.5 Å². The van der Waals surface area contributed by atoms with Gasteiger partial charge in [-0.3, -0.25) is 9.59 Å². The fourth-order valence-corrected chi connectivity index (χ4v) is 7.77. The smallest absolute Gasteiger partial charge is 0.306 e. The third-order valence-electron chi connectivity index (χ3n) is 11.8. The molecule has 3 unspecified atom stereocenters. The number of esters is 1. The normalized spacial score (nSPS) is 13.7. The highest BCUT2D eigenvalue weighted by molar-refractivity contribution is 5.77. The Morgan fingerprint density at radius 2 is 0.839 bits per heavy atom. The molecule has 0 saturated carbocycles. The summed E-state index contributed by atoms with van der Waals surface area (Å²) >= 11 is 0. The molecule has 0 aliphatic heterocycles. The molecule has 0 heterocycles. The molecule has 0 aliphatic rings. The largest absolute Gasteiger partial charge is 0.462 e. The van der Waals surface area contributed by atoms with Crippen molar-refractivity contribution in [2.45, 2.75) is 277 Å². The molecule has 0 rings (SSSR count). The molecule has 0 saturated heterocycles. The molecule has 6 heteroatoms. The molecular weight excluding hydrogens is 767 g/mol. The van der Waals surface area contributed by atoms with E-state index in [0.717, 1.165) is 83.5 Å². The number of carbonyl (C=O) groups excluding carboxylic acids is 2. The summed E-state index contributed by atoms with van der Waals surface area (Å²) in [7, 11) is 0. The highest BCUT2D eigenvalue weighted by Gasteiger charge is 2.24. The predicted molar refractivity (Wildman–Crippen MR) is 268 cm³/mol. The number of amides is 1. The summed E-state index contributed by atoms with van der Waals surface area (Å²) in [5, 5.41) is 23.7. The molecule has 6 nitrogen and oxygen atoms in total. The van der Waals surface area contributed by atoms with Gasteiger partial charge in [0.2, 0.25) is 5.91 Å². The lowest BCUT2D eigenvalue weighted by Gasteiger charge is -2.24. The minimum absolute atomic E-state index is 0.0429. The van der Waals surface area contributed by atoms with Crippen LogP contribution in [-0.4, -0.2) is 46.9 Å². The van der Waals surface area contributed by atoms with Gasteiger partial charge >= 0.3 is 5.97 Å². The first-order valence-corrected chi connectivity index (χ1v) is 26.5. The molecule has 3 atom stereocenters. The Hall–Kier alpha value is -2.44. The molecule has 0 aromatic heterocycles. The van der Waals surface area contributed by atoms with Gasteiger partial charge in [0.1, 0.15) is 6.10 Å². The van der Waals surface area contributed by atoms with Crippen LogP contribution in [0, 0.1) is 0 Å². The van der Waals surface area contributed by atoms with E-state index < -0.39 is 18.2 Å². The zero-order valence-corrected chi connectivity index (χ0v) is 41.0. The lowest BCUT2D eigenvalue weighted by molar-refractivity contribution is -0.151. The maximum atomic E-state index is 13.2. The van der Waals surface area contributed by atoms with E-state index in [2.05, 4.69) is 86.8 Å². The van der Waals surface area contributed by atoms with Gasteiger partial charge in [0.25, 0.3) is 0 Å². The second-order valence-electron chi connectivity index (χ2n) is 17.9. The van der Waals surface area contributed by atoms with Crippen molar-refractivity contribution in [2.75, 3.05) is 6.61 Å². The summed E-state index contributed by atoms with van der Waals surface area (Å²) in [5.41, 5.74) is 0. The van der Waals surface area contributed by atoms with E-state index in [1.165, 1.54) is 128 Å². The van der Waals surface area contributed by atoms with Gasteiger partial charge in [-0.25, -0.2) is 0 Å². The number of ether oxygens (including phenoxy) is 1. The maximum Gasteiger partial charge on any atom is 0.306 e. The Morgan fingerprint density at radius 3 is 1.32 bits per heavy atom. The Balaban J connectivity index is 4.59. The van der Waals surface area contributed by atoms with Gasteiger partial charge in [0, 0.05) is 6.42 Å². The number of aliphatic hydroxyl groups is 2. The molecule has 3 N–H and O–H groups in total. The minimum Gasteiger partial charge on any atom is -0.462 e. The van der Waals surface area contributed by atoms with Crippen LogP contribution in [0.1, 0.15) is 258 Å². The molecular formula is C56H101NO5. The van der Waals surface area contributed by atoms with Gasteiger partial charge in [-0.1, -0.05) is 216 Å². The summed E-state index contributed by atoms with van der Waals surface area (Å²) in [4.78, 5) is 26.1. The van der Waals surface area contributed by atoms with Gasteiger partial charge in [0.05, 0.1) is 25.2 Å². The van der Waals surface area contributed by atoms with Crippen LogP contribution in [0.4, 0.5) is 0 Å². The van der Waals surface area contributed by atoms with Crippen molar-refractivity contribution in [2.24, 2.45) is 0 Å². The number of nitrogens with one attached hydrogen (secondary N) is 1.